The summed E-state index contributed by atoms with van der Waals surface area (Å²) in [4.78, 5) is 11.6. The molecule has 100 valence electrons. The number of primary amides is 1. The lowest BCUT2D eigenvalue weighted by atomic mass is 10.1. The number of aromatic nitrogens is 2. The SMILES string of the molecule is CCn1cc(C(Nc2cccc(Br)c2)C(N)=O)cn1. The molecule has 1 aromatic carbocycles. The van der Waals surface area contributed by atoms with E-state index >= 15 is 0 Å². The number of rotatable bonds is 5. The molecule has 0 radical (unpaired) electrons. The summed E-state index contributed by atoms with van der Waals surface area (Å²) >= 11 is 3.39. The van der Waals surface area contributed by atoms with Gasteiger partial charge in [-0.3, -0.25) is 9.48 Å². The highest BCUT2D eigenvalue weighted by Gasteiger charge is 2.19. The van der Waals surface area contributed by atoms with Crippen molar-refractivity contribution in [2.24, 2.45) is 5.73 Å². The molecule has 0 aliphatic heterocycles. The molecular formula is C13H15BrN4O. The highest BCUT2D eigenvalue weighted by atomic mass is 79.9. The van der Waals surface area contributed by atoms with Crippen molar-refractivity contribution in [1.82, 2.24) is 9.78 Å². The van der Waals surface area contributed by atoms with Gasteiger partial charge in [-0.25, -0.2) is 0 Å². The molecule has 1 atom stereocenters. The molecular weight excluding hydrogens is 308 g/mol. The quantitative estimate of drug-likeness (QED) is 0.887. The number of halogens is 1. The number of benzene rings is 1. The van der Waals surface area contributed by atoms with Gasteiger partial charge in [0.1, 0.15) is 6.04 Å². The van der Waals surface area contributed by atoms with Gasteiger partial charge >= 0.3 is 0 Å². The van der Waals surface area contributed by atoms with Gasteiger partial charge in [-0.2, -0.15) is 5.10 Å². The normalized spacial score (nSPS) is 12.1. The summed E-state index contributed by atoms with van der Waals surface area (Å²) in [5, 5.41) is 7.27. The zero-order chi connectivity index (χ0) is 13.8. The van der Waals surface area contributed by atoms with Crippen LogP contribution >= 0.6 is 15.9 Å². The third-order valence-corrected chi connectivity index (χ3v) is 3.22. The van der Waals surface area contributed by atoms with Crippen LogP contribution in [0.15, 0.2) is 41.1 Å². The van der Waals surface area contributed by atoms with E-state index in [4.69, 9.17) is 5.73 Å². The van der Waals surface area contributed by atoms with E-state index in [9.17, 15) is 4.79 Å². The van der Waals surface area contributed by atoms with Crippen LogP contribution < -0.4 is 11.1 Å². The Kier molecular flexibility index (Phi) is 4.21. The van der Waals surface area contributed by atoms with E-state index in [2.05, 4.69) is 26.3 Å². The molecule has 1 unspecified atom stereocenters. The van der Waals surface area contributed by atoms with Gasteiger partial charge in [0.15, 0.2) is 0 Å². The maximum Gasteiger partial charge on any atom is 0.244 e. The Hall–Kier alpha value is -1.82. The summed E-state index contributed by atoms with van der Waals surface area (Å²) in [6.07, 6.45) is 3.48. The second-order valence-electron chi connectivity index (χ2n) is 4.12. The number of hydrogen-bond donors (Lipinski definition) is 2. The molecule has 3 N–H and O–H groups in total. The van der Waals surface area contributed by atoms with Crippen LogP contribution in [0.2, 0.25) is 0 Å². The molecule has 2 aromatic rings. The van der Waals surface area contributed by atoms with Crippen LogP contribution in [0, 0.1) is 0 Å². The van der Waals surface area contributed by atoms with Crippen LogP contribution in [0.1, 0.15) is 18.5 Å². The van der Waals surface area contributed by atoms with Gasteiger partial charge in [0.25, 0.3) is 0 Å². The van der Waals surface area contributed by atoms with Crippen molar-refractivity contribution < 1.29 is 4.79 Å². The summed E-state index contributed by atoms with van der Waals surface area (Å²) in [6, 6.07) is 6.99. The lowest BCUT2D eigenvalue weighted by Gasteiger charge is -2.15. The number of aryl methyl sites for hydroxylation is 1. The van der Waals surface area contributed by atoms with Gasteiger partial charge in [-0.1, -0.05) is 22.0 Å². The molecule has 19 heavy (non-hydrogen) atoms. The number of amides is 1. The van der Waals surface area contributed by atoms with Crippen LogP contribution in [0.5, 0.6) is 0 Å². The summed E-state index contributed by atoms with van der Waals surface area (Å²) < 4.78 is 2.69. The Morgan fingerprint density at radius 2 is 2.37 bits per heavy atom. The minimum atomic E-state index is -0.588. The first-order valence-corrected chi connectivity index (χ1v) is 6.73. The fourth-order valence-corrected chi connectivity index (χ4v) is 2.16. The van der Waals surface area contributed by atoms with Crippen LogP contribution in [0.3, 0.4) is 0 Å². The van der Waals surface area contributed by atoms with E-state index in [1.807, 2.05) is 37.4 Å². The Bertz CT molecular complexity index is 582. The van der Waals surface area contributed by atoms with E-state index in [1.165, 1.54) is 0 Å². The molecule has 1 aromatic heterocycles. The average molecular weight is 323 g/mol. The van der Waals surface area contributed by atoms with E-state index in [0.29, 0.717) is 0 Å². The lowest BCUT2D eigenvalue weighted by molar-refractivity contribution is -0.118. The van der Waals surface area contributed by atoms with Gasteiger partial charge in [0.2, 0.25) is 5.91 Å². The van der Waals surface area contributed by atoms with Gasteiger partial charge < -0.3 is 11.1 Å². The summed E-state index contributed by atoms with van der Waals surface area (Å²) in [7, 11) is 0. The number of nitrogens with one attached hydrogen (secondary N) is 1. The molecule has 0 spiro atoms. The van der Waals surface area contributed by atoms with Crippen LogP contribution in [0.25, 0.3) is 0 Å². The van der Waals surface area contributed by atoms with Crippen molar-refractivity contribution in [3.8, 4) is 0 Å². The molecule has 0 aliphatic rings. The molecule has 0 fully saturated rings. The van der Waals surface area contributed by atoms with Crippen LogP contribution in [-0.4, -0.2) is 15.7 Å². The topological polar surface area (TPSA) is 72.9 Å². The van der Waals surface area contributed by atoms with Crippen LogP contribution in [0.4, 0.5) is 5.69 Å². The summed E-state index contributed by atoms with van der Waals surface area (Å²) in [5.74, 6) is -0.435. The molecule has 1 heterocycles. The van der Waals surface area contributed by atoms with E-state index in [0.717, 1.165) is 22.3 Å². The first-order valence-electron chi connectivity index (χ1n) is 5.94. The smallest absolute Gasteiger partial charge is 0.244 e. The molecule has 0 bridgehead atoms. The summed E-state index contributed by atoms with van der Waals surface area (Å²) in [6.45, 7) is 2.74. The number of hydrogen-bond acceptors (Lipinski definition) is 3. The first-order chi connectivity index (χ1) is 9.10. The van der Waals surface area contributed by atoms with E-state index in [1.54, 1.807) is 10.9 Å². The zero-order valence-corrected chi connectivity index (χ0v) is 12.1. The zero-order valence-electron chi connectivity index (χ0n) is 10.5. The maximum atomic E-state index is 11.6. The average Bonchev–Trinajstić information content (AvgIpc) is 2.84. The lowest BCUT2D eigenvalue weighted by Crippen LogP contribution is -2.27. The van der Waals surface area contributed by atoms with Gasteiger partial charge in [0.05, 0.1) is 6.20 Å². The fraction of sp³-hybridized carbons (Fsp3) is 0.231. The third-order valence-electron chi connectivity index (χ3n) is 2.73. The molecule has 0 saturated carbocycles. The number of carbonyl (C=O) groups excluding carboxylic acids is 1. The Morgan fingerprint density at radius 3 is 2.95 bits per heavy atom. The third kappa shape index (κ3) is 3.35. The molecule has 1 amide bonds. The molecule has 5 nitrogen and oxygen atoms in total. The van der Waals surface area contributed by atoms with Gasteiger partial charge in [-0.15, -0.1) is 0 Å². The largest absolute Gasteiger partial charge is 0.370 e. The fourth-order valence-electron chi connectivity index (χ4n) is 1.77. The van der Waals surface area contributed by atoms with Gasteiger partial charge in [0, 0.05) is 28.5 Å². The number of carbonyl (C=O) groups is 1. The van der Waals surface area contributed by atoms with Crippen molar-refractivity contribution in [3.05, 3.63) is 46.7 Å². The van der Waals surface area contributed by atoms with E-state index in [-0.39, 0.29) is 0 Å². The van der Waals surface area contributed by atoms with Crippen molar-refractivity contribution in [2.45, 2.75) is 19.5 Å². The summed E-state index contributed by atoms with van der Waals surface area (Å²) in [5.41, 5.74) is 7.04. The monoisotopic (exact) mass is 322 g/mol. The molecule has 6 heteroatoms. The highest BCUT2D eigenvalue weighted by Crippen LogP contribution is 2.22. The second kappa shape index (κ2) is 5.88. The number of nitrogens with two attached hydrogens (primary N) is 1. The van der Waals surface area contributed by atoms with E-state index < -0.39 is 11.9 Å². The molecule has 0 aliphatic carbocycles. The Morgan fingerprint density at radius 1 is 1.58 bits per heavy atom. The Balaban J connectivity index is 2.23. The standard InChI is InChI=1S/C13H15BrN4O/c1-2-18-8-9(7-16-18)12(13(15)19)17-11-5-3-4-10(14)6-11/h3-8,12,17H,2H2,1H3,(H2,15,19). The predicted octanol–water partition coefficient (Wildman–Crippen LogP) is 2.30. The van der Waals surface area contributed by atoms with Crippen molar-refractivity contribution in [3.63, 3.8) is 0 Å². The van der Waals surface area contributed by atoms with Gasteiger partial charge in [-0.05, 0) is 25.1 Å². The van der Waals surface area contributed by atoms with Crippen molar-refractivity contribution >= 4 is 27.5 Å². The van der Waals surface area contributed by atoms with Crippen molar-refractivity contribution in [2.75, 3.05) is 5.32 Å². The minimum absolute atomic E-state index is 0.435. The van der Waals surface area contributed by atoms with Crippen LogP contribution in [-0.2, 0) is 11.3 Å². The first kappa shape index (κ1) is 13.6. The Labute approximate surface area is 119 Å². The minimum Gasteiger partial charge on any atom is -0.370 e. The van der Waals surface area contributed by atoms with Crippen molar-refractivity contribution in [1.29, 1.82) is 0 Å². The number of nitrogens with zero attached hydrogens (tertiary/aromatic N) is 2. The highest BCUT2D eigenvalue weighted by molar-refractivity contribution is 9.10. The predicted molar refractivity (Wildman–Crippen MR) is 77.6 cm³/mol. The molecule has 2 rings (SSSR count). The maximum absolute atomic E-state index is 11.6. The second-order valence-corrected chi connectivity index (χ2v) is 5.04. The number of anilines is 1. The molecule has 0 saturated heterocycles.